The third kappa shape index (κ3) is 3.80. The molecular weight excluding hydrogens is 326 g/mol. The summed E-state index contributed by atoms with van der Waals surface area (Å²) in [5.74, 6) is -0.176. The molecule has 0 unspecified atom stereocenters. The number of fused-ring (bicyclic) bond motifs is 1. The summed E-state index contributed by atoms with van der Waals surface area (Å²) in [7, 11) is 1.66. The number of benzene rings is 1. The molecule has 8 heteroatoms. The van der Waals surface area contributed by atoms with Crippen molar-refractivity contribution in [2.45, 2.75) is 12.8 Å². The minimum Gasteiger partial charge on any atom is -0.451 e. The van der Waals surface area contributed by atoms with Gasteiger partial charge in [-0.2, -0.15) is 0 Å². The van der Waals surface area contributed by atoms with E-state index in [2.05, 4.69) is 10.6 Å². The number of hydrogen-bond donors (Lipinski definition) is 2. The normalized spacial score (nSPS) is 16.7. The maximum Gasteiger partial charge on any atom is 0.287 e. The van der Waals surface area contributed by atoms with Crippen LogP contribution in [0.15, 0.2) is 28.7 Å². The van der Waals surface area contributed by atoms with Crippen molar-refractivity contribution < 1.29 is 18.9 Å². The van der Waals surface area contributed by atoms with Crippen LogP contribution in [0.2, 0.25) is 0 Å². The van der Waals surface area contributed by atoms with Crippen molar-refractivity contribution in [1.82, 2.24) is 10.6 Å². The first kappa shape index (κ1) is 17.4. The molecule has 0 spiro atoms. The van der Waals surface area contributed by atoms with Crippen LogP contribution in [0.1, 0.15) is 23.4 Å². The van der Waals surface area contributed by atoms with E-state index >= 15 is 0 Å². The van der Waals surface area contributed by atoms with Crippen LogP contribution in [0.5, 0.6) is 0 Å². The zero-order valence-electron chi connectivity index (χ0n) is 14.0. The van der Waals surface area contributed by atoms with Crippen molar-refractivity contribution in [2.75, 3.05) is 33.4 Å². The van der Waals surface area contributed by atoms with E-state index in [1.54, 1.807) is 7.11 Å². The monoisotopic (exact) mass is 347 g/mol. The lowest BCUT2D eigenvalue weighted by molar-refractivity contribution is -0.384. The Bertz CT molecular complexity index is 774. The summed E-state index contributed by atoms with van der Waals surface area (Å²) in [5.41, 5.74) is 0.332. The van der Waals surface area contributed by atoms with Crippen LogP contribution < -0.4 is 10.6 Å². The average molecular weight is 347 g/mol. The van der Waals surface area contributed by atoms with Crippen LogP contribution >= 0.6 is 0 Å². The van der Waals surface area contributed by atoms with Crippen LogP contribution in [0.3, 0.4) is 0 Å². The topological polar surface area (TPSA) is 107 Å². The lowest BCUT2D eigenvalue weighted by Crippen LogP contribution is -2.47. The first-order valence-corrected chi connectivity index (χ1v) is 8.19. The van der Waals surface area contributed by atoms with E-state index in [1.165, 1.54) is 24.3 Å². The molecule has 1 fully saturated rings. The van der Waals surface area contributed by atoms with E-state index in [-0.39, 0.29) is 22.8 Å². The Morgan fingerprint density at radius 1 is 1.40 bits per heavy atom. The standard InChI is InChI=1S/C17H21N3O5/c1-24-11-17(4-6-18-7-5-17)10-19-16(21)15-9-12-8-13(20(22)23)2-3-14(12)25-15/h2-3,8-9,18H,4-7,10-11H2,1H3,(H,19,21). The van der Waals surface area contributed by atoms with Gasteiger partial charge < -0.3 is 19.8 Å². The molecular formula is C17H21N3O5. The summed E-state index contributed by atoms with van der Waals surface area (Å²) in [6.45, 7) is 2.88. The van der Waals surface area contributed by atoms with Gasteiger partial charge in [-0.1, -0.05) is 0 Å². The molecule has 1 saturated heterocycles. The molecule has 134 valence electrons. The lowest BCUT2D eigenvalue weighted by Gasteiger charge is -2.37. The molecule has 0 aliphatic carbocycles. The molecule has 1 aliphatic heterocycles. The molecule has 2 heterocycles. The Labute approximate surface area is 144 Å². The number of nitrogens with one attached hydrogen (secondary N) is 2. The number of nitro benzene ring substituents is 1. The van der Waals surface area contributed by atoms with E-state index in [0.717, 1.165) is 25.9 Å². The molecule has 1 aromatic carbocycles. The molecule has 1 aliphatic rings. The Balaban J connectivity index is 1.72. The number of carbonyl (C=O) groups is 1. The van der Waals surface area contributed by atoms with Crippen LogP contribution in [0.25, 0.3) is 11.0 Å². The quantitative estimate of drug-likeness (QED) is 0.612. The summed E-state index contributed by atoms with van der Waals surface area (Å²) < 4.78 is 10.9. The van der Waals surface area contributed by atoms with Crippen molar-refractivity contribution in [1.29, 1.82) is 0 Å². The van der Waals surface area contributed by atoms with Crippen molar-refractivity contribution in [3.63, 3.8) is 0 Å². The molecule has 2 N–H and O–H groups in total. The summed E-state index contributed by atoms with van der Waals surface area (Å²) in [6.07, 6.45) is 1.85. The molecule has 25 heavy (non-hydrogen) atoms. The van der Waals surface area contributed by atoms with Gasteiger partial charge in [-0.05, 0) is 38.1 Å². The fourth-order valence-corrected chi connectivity index (χ4v) is 3.25. The van der Waals surface area contributed by atoms with Crippen molar-refractivity contribution in [3.05, 3.63) is 40.1 Å². The highest BCUT2D eigenvalue weighted by atomic mass is 16.6. The summed E-state index contributed by atoms with van der Waals surface area (Å²) >= 11 is 0. The van der Waals surface area contributed by atoms with Gasteiger partial charge in [-0.15, -0.1) is 0 Å². The van der Waals surface area contributed by atoms with Gasteiger partial charge in [0.2, 0.25) is 0 Å². The van der Waals surface area contributed by atoms with E-state index in [9.17, 15) is 14.9 Å². The molecule has 2 aromatic rings. The number of methoxy groups -OCH3 is 1. The number of rotatable bonds is 6. The van der Waals surface area contributed by atoms with E-state index in [0.29, 0.717) is 24.1 Å². The number of piperidine rings is 1. The Kier molecular flexibility index (Phi) is 5.00. The summed E-state index contributed by atoms with van der Waals surface area (Å²) in [4.78, 5) is 22.8. The van der Waals surface area contributed by atoms with Gasteiger partial charge in [0, 0.05) is 36.6 Å². The van der Waals surface area contributed by atoms with Gasteiger partial charge in [-0.3, -0.25) is 14.9 Å². The van der Waals surface area contributed by atoms with Crippen LogP contribution in [-0.2, 0) is 4.74 Å². The highest BCUT2D eigenvalue weighted by Crippen LogP contribution is 2.29. The van der Waals surface area contributed by atoms with E-state index in [1.807, 2.05) is 0 Å². The summed E-state index contributed by atoms with van der Waals surface area (Å²) in [6, 6.07) is 5.79. The maximum atomic E-state index is 12.4. The number of non-ortho nitro benzene ring substituents is 1. The molecule has 0 saturated carbocycles. The fourth-order valence-electron chi connectivity index (χ4n) is 3.25. The lowest BCUT2D eigenvalue weighted by atomic mass is 9.79. The number of nitrogens with zero attached hydrogens (tertiary/aromatic N) is 1. The Morgan fingerprint density at radius 2 is 2.16 bits per heavy atom. The molecule has 0 radical (unpaired) electrons. The zero-order chi connectivity index (χ0) is 17.9. The average Bonchev–Trinajstić information content (AvgIpc) is 3.04. The summed E-state index contributed by atoms with van der Waals surface area (Å²) in [5, 5.41) is 17.6. The first-order valence-electron chi connectivity index (χ1n) is 8.19. The largest absolute Gasteiger partial charge is 0.451 e. The SMILES string of the molecule is COCC1(CNC(=O)c2cc3cc([N+](=O)[O-])ccc3o2)CCNCC1. The zero-order valence-corrected chi connectivity index (χ0v) is 14.0. The Hall–Kier alpha value is -2.45. The van der Waals surface area contributed by atoms with E-state index < -0.39 is 4.92 Å². The number of hydrogen-bond acceptors (Lipinski definition) is 6. The van der Waals surface area contributed by atoms with Crippen LogP contribution in [0, 0.1) is 15.5 Å². The Morgan fingerprint density at radius 3 is 2.84 bits per heavy atom. The molecule has 3 rings (SSSR count). The fraction of sp³-hybridized carbons (Fsp3) is 0.471. The van der Waals surface area contributed by atoms with Crippen molar-refractivity contribution in [3.8, 4) is 0 Å². The molecule has 1 aromatic heterocycles. The maximum absolute atomic E-state index is 12.4. The third-order valence-electron chi connectivity index (χ3n) is 4.67. The smallest absolute Gasteiger partial charge is 0.287 e. The second-order valence-electron chi connectivity index (χ2n) is 6.46. The number of amides is 1. The predicted molar refractivity (Wildman–Crippen MR) is 91.6 cm³/mol. The molecule has 0 atom stereocenters. The highest BCUT2D eigenvalue weighted by Gasteiger charge is 2.32. The van der Waals surface area contributed by atoms with Gasteiger partial charge in [0.15, 0.2) is 5.76 Å². The first-order chi connectivity index (χ1) is 12.0. The minimum atomic E-state index is -0.474. The van der Waals surface area contributed by atoms with Gasteiger partial charge in [0.05, 0.1) is 11.5 Å². The second-order valence-corrected chi connectivity index (χ2v) is 6.46. The third-order valence-corrected chi connectivity index (χ3v) is 4.67. The van der Waals surface area contributed by atoms with Gasteiger partial charge in [0.25, 0.3) is 11.6 Å². The van der Waals surface area contributed by atoms with Crippen molar-refractivity contribution in [2.24, 2.45) is 5.41 Å². The van der Waals surface area contributed by atoms with Crippen molar-refractivity contribution >= 4 is 22.6 Å². The minimum absolute atomic E-state index is 0.0333. The van der Waals surface area contributed by atoms with Gasteiger partial charge >= 0.3 is 0 Å². The molecule has 0 bridgehead atoms. The molecule has 8 nitrogen and oxygen atoms in total. The van der Waals surface area contributed by atoms with E-state index in [4.69, 9.17) is 9.15 Å². The number of nitro groups is 1. The van der Waals surface area contributed by atoms with Gasteiger partial charge in [0.1, 0.15) is 5.58 Å². The predicted octanol–water partition coefficient (Wildman–Crippen LogP) is 2.09. The van der Waals surface area contributed by atoms with Crippen LogP contribution in [-0.4, -0.2) is 44.2 Å². The van der Waals surface area contributed by atoms with Crippen LogP contribution in [0.4, 0.5) is 5.69 Å². The number of ether oxygens (including phenoxy) is 1. The molecule has 1 amide bonds. The van der Waals surface area contributed by atoms with Gasteiger partial charge in [-0.25, -0.2) is 0 Å². The second kappa shape index (κ2) is 7.20. The number of carbonyl (C=O) groups excluding carboxylic acids is 1. The number of furan rings is 1. The highest BCUT2D eigenvalue weighted by molar-refractivity contribution is 5.96.